The van der Waals surface area contributed by atoms with Gasteiger partial charge in [-0.2, -0.15) is 0 Å². The van der Waals surface area contributed by atoms with Crippen LogP contribution < -0.4 is 0 Å². The van der Waals surface area contributed by atoms with E-state index in [0.717, 1.165) is 0 Å². The Morgan fingerprint density at radius 2 is 1.95 bits per heavy atom. The van der Waals surface area contributed by atoms with Gasteiger partial charge in [-0.15, -0.1) is 0 Å². The van der Waals surface area contributed by atoms with Crippen molar-refractivity contribution in [3.8, 4) is 0 Å². The van der Waals surface area contributed by atoms with Crippen LogP contribution in [-0.4, -0.2) is 36.5 Å². The Bertz CT molecular complexity index is 654. The minimum Gasteiger partial charge on any atom is -0.299 e. The van der Waals surface area contributed by atoms with Crippen molar-refractivity contribution in [3.63, 3.8) is 0 Å². The summed E-state index contributed by atoms with van der Waals surface area (Å²) < 4.78 is 25.9. The smallest absolute Gasteiger partial charge is 0.269 e. The number of hydrogen-bond donors (Lipinski definition) is 0. The van der Waals surface area contributed by atoms with E-state index in [4.69, 9.17) is 0 Å². The molecular weight excluding hydrogens is 296 g/mol. The minimum atomic E-state index is -3.51. The Morgan fingerprint density at radius 1 is 1.33 bits per heavy atom. The predicted molar refractivity (Wildman–Crippen MR) is 76.1 cm³/mol. The molecule has 1 aromatic carbocycles. The topological polar surface area (TPSA) is 97.6 Å². The van der Waals surface area contributed by atoms with Crippen LogP contribution in [0.25, 0.3) is 0 Å². The van der Waals surface area contributed by atoms with E-state index in [1.165, 1.54) is 28.6 Å². The highest BCUT2D eigenvalue weighted by Crippen LogP contribution is 2.20. The molecule has 0 amide bonds. The van der Waals surface area contributed by atoms with Gasteiger partial charge in [0.15, 0.2) is 0 Å². The second kappa shape index (κ2) is 5.90. The van der Waals surface area contributed by atoms with Gasteiger partial charge in [-0.25, -0.2) is 12.7 Å². The van der Waals surface area contributed by atoms with Gasteiger partial charge in [-0.05, 0) is 5.56 Å². The van der Waals surface area contributed by atoms with Crippen LogP contribution in [0.1, 0.15) is 18.9 Å². The third-order valence-corrected chi connectivity index (χ3v) is 5.34. The van der Waals surface area contributed by atoms with Gasteiger partial charge in [0, 0.05) is 37.6 Å². The van der Waals surface area contributed by atoms with Crippen molar-refractivity contribution < 1.29 is 18.1 Å². The molecule has 0 bridgehead atoms. The van der Waals surface area contributed by atoms with Crippen LogP contribution in [0.3, 0.4) is 0 Å². The molecule has 1 fully saturated rings. The summed E-state index contributed by atoms with van der Waals surface area (Å²) in [5.41, 5.74) is 0.415. The van der Waals surface area contributed by atoms with Gasteiger partial charge >= 0.3 is 0 Å². The summed E-state index contributed by atoms with van der Waals surface area (Å²) in [5.74, 6) is -0.423. The molecule has 1 atom stereocenters. The molecule has 1 aromatic rings. The maximum absolute atomic E-state index is 12.3. The van der Waals surface area contributed by atoms with E-state index in [1.54, 1.807) is 6.92 Å². The van der Waals surface area contributed by atoms with Crippen LogP contribution in [0, 0.1) is 16.0 Å². The maximum atomic E-state index is 12.3. The fourth-order valence-corrected chi connectivity index (χ4v) is 3.86. The Labute approximate surface area is 122 Å². The van der Waals surface area contributed by atoms with Crippen LogP contribution in [-0.2, 0) is 20.6 Å². The largest absolute Gasteiger partial charge is 0.299 e. The number of hydrogen-bond acceptors (Lipinski definition) is 5. The number of non-ortho nitro benzene ring substituents is 1. The van der Waals surface area contributed by atoms with E-state index in [1.807, 2.05) is 0 Å². The molecule has 1 heterocycles. The second-order valence-electron chi connectivity index (χ2n) is 5.16. The van der Waals surface area contributed by atoms with Crippen LogP contribution in [0.4, 0.5) is 5.69 Å². The Morgan fingerprint density at radius 3 is 2.48 bits per heavy atom. The molecule has 0 saturated carbocycles. The number of rotatable bonds is 4. The highest BCUT2D eigenvalue weighted by Gasteiger charge is 2.31. The fraction of sp³-hybridized carbons (Fsp3) is 0.462. The lowest BCUT2D eigenvalue weighted by Crippen LogP contribution is -2.43. The third-order valence-electron chi connectivity index (χ3n) is 3.52. The molecule has 0 aromatic heterocycles. The zero-order valence-electron chi connectivity index (χ0n) is 11.6. The predicted octanol–water partition coefficient (Wildman–Crippen LogP) is 1.34. The van der Waals surface area contributed by atoms with E-state index in [2.05, 4.69) is 0 Å². The summed E-state index contributed by atoms with van der Waals surface area (Å²) >= 11 is 0. The average molecular weight is 312 g/mol. The van der Waals surface area contributed by atoms with Crippen molar-refractivity contribution in [1.29, 1.82) is 0 Å². The van der Waals surface area contributed by atoms with Gasteiger partial charge in [-0.1, -0.05) is 19.1 Å². The van der Waals surface area contributed by atoms with Gasteiger partial charge in [0.05, 0.1) is 10.7 Å². The molecule has 0 spiro atoms. The van der Waals surface area contributed by atoms with Crippen molar-refractivity contribution in [3.05, 3.63) is 39.9 Å². The van der Waals surface area contributed by atoms with Gasteiger partial charge in [0.25, 0.3) is 5.69 Å². The summed E-state index contributed by atoms with van der Waals surface area (Å²) in [5, 5.41) is 10.6. The first-order chi connectivity index (χ1) is 9.79. The molecule has 0 radical (unpaired) electrons. The van der Waals surface area contributed by atoms with Crippen molar-refractivity contribution in [1.82, 2.24) is 4.31 Å². The van der Waals surface area contributed by atoms with Gasteiger partial charge < -0.3 is 0 Å². The highest BCUT2D eigenvalue weighted by molar-refractivity contribution is 7.88. The summed E-state index contributed by atoms with van der Waals surface area (Å²) in [6.07, 6.45) is 0.237. The maximum Gasteiger partial charge on any atom is 0.269 e. The van der Waals surface area contributed by atoms with Crippen molar-refractivity contribution in [2.45, 2.75) is 19.1 Å². The van der Waals surface area contributed by atoms with Crippen LogP contribution in [0.2, 0.25) is 0 Å². The van der Waals surface area contributed by atoms with E-state index in [9.17, 15) is 23.3 Å². The summed E-state index contributed by atoms with van der Waals surface area (Å²) in [6, 6.07) is 5.45. The lowest BCUT2D eigenvalue weighted by molar-refractivity contribution is -0.384. The first-order valence-electron chi connectivity index (χ1n) is 6.53. The Kier molecular flexibility index (Phi) is 4.38. The van der Waals surface area contributed by atoms with Crippen LogP contribution in [0.5, 0.6) is 0 Å². The zero-order valence-corrected chi connectivity index (χ0v) is 12.4. The molecule has 1 unspecified atom stereocenters. The number of Topliss-reactive ketones (excluding diaryl/α,β-unsaturated/α-hetero) is 1. The Balaban J connectivity index is 2.10. The number of benzene rings is 1. The van der Waals surface area contributed by atoms with E-state index < -0.39 is 14.9 Å². The zero-order chi connectivity index (χ0) is 15.6. The summed E-state index contributed by atoms with van der Waals surface area (Å²) in [6.45, 7) is 2.13. The SMILES string of the molecule is CC1CN(S(=O)(=O)Cc2ccc([N+](=O)[O-])cc2)CCC1=O. The molecule has 0 aliphatic carbocycles. The van der Waals surface area contributed by atoms with Crippen LogP contribution >= 0.6 is 0 Å². The lowest BCUT2D eigenvalue weighted by Gasteiger charge is -2.29. The van der Waals surface area contributed by atoms with Crippen LogP contribution in [0.15, 0.2) is 24.3 Å². The number of sulfonamides is 1. The monoisotopic (exact) mass is 312 g/mol. The summed E-state index contributed by atoms with van der Waals surface area (Å²) in [7, 11) is -3.51. The quantitative estimate of drug-likeness (QED) is 0.617. The Hall–Kier alpha value is -1.80. The van der Waals surface area contributed by atoms with Crippen molar-refractivity contribution in [2.75, 3.05) is 13.1 Å². The first kappa shape index (κ1) is 15.6. The molecule has 21 heavy (non-hydrogen) atoms. The number of nitrogens with zero attached hydrogens (tertiary/aromatic N) is 2. The van der Waals surface area contributed by atoms with Gasteiger partial charge in [0.1, 0.15) is 5.78 Å². The second-order valence-corrected chi connectivity index (χ2v) is 7.12. The fourth-order valence-electron chi connectivity index (χ4n) is 2.25. The molecule has 114 valence electrons. The lowest BCUT2D eigenvalue weighted by atomic mass is 10.0. The summed E-state index contributed by atoms with van der Waals surface area (Å²) in [4.78, 5) is 21.5. The molecule has 0 N–H and O–H groups in total. The molecular formula is C13H16N2O5S. The molecule has 8 heteroatoms. The number of piperidine rings is 1. The average Bonchev–Trinajstić information content (AvgIpc) is 2.42. The van der Waals surface area contributed by atoms with Crippen molar-refractivity contribution in [2.24, 2.45) is 5.92 Å². The van der Waals surface area contributed by atoms with Gasteiger partial charge in [0.2, 0.25) is 10.0 Å². The number of carbonyl (C=O) groups is 1. The molecule has 1 aliphatic heterocycles. The third kappa shape index (κ3) is 3.64. The molecule has 1 saturated heterocycles. The van der Waals surface area contributed by atoms with E-state index in [-0.39, 0.29) is 42.7 Å². The molecule has 1 aliphatic rings. The highest BCUT2D eigenvalue weighted by atomic mass is 32.2. The van der Waals surface area contributed by atoms with E-state index >= 15 is 0 Å². The number of carbonyl (C=O) groups excluding carboxylic acids is 1. The van der Waals surface area contributed by atoms with Crippen molar-refractivity contribution >= 4 is 21.5 Å². The number of ketones is 1. The number of nitro benzene ring substituents is 1. The standard InChI is InChI=1S/C13H16N2O5S/c1-10-8-14(7-6-13(10)16)21(19,20)9-11-2-4-12(5-3-11)15(17)18/h2-5,10H,6-9H2,1H3. The van der Waals surface area contributed by atoms with E-state index in [0.29, 0.717) is 5.56 Å². The minimum absolute atomic E-state index is 0.0756. The molecule has 2 rings (SSSR count). The number of nitro groups is 1. The van der Waals surface area contributed by atoms with Gasteiger partial charge in [-0.3, -0.25) is 14.9 Å². The molecule has 7 nitrogen and oxygen atoms in total. The first-order valence-corrected chi connectivity index (χ1v) is 8.14. The normalized spacial score (nSPS) is 20.4.